The van der Waals surface area contributed by atoms with Crippen LogP contribution in [0.2, 0.25) is 0 Å². The van der Waals surface area contributed by atoms with Crippen molar-refractivity contribution >= 4 is 0 Å². The second kappa shape index (κ2) is 7.77. The number of ether oxygens (including phenoxy) is 1. The summed E-state index contributed by atoms with van der Waals surface area (Å²) in [6.45, 7) is 7.83. The van der Waals surface area contributed by atoms with Crippen molar-refractivity contribution in [1.82, 2.24) is 14.7 Å². The first-order valence-corrected chi connectivity index (χ1v) is 9.26. The van der Waals surface area contributed by atoms with Crippen molar-refractivity contribution in [3.8, 4) is 0 Å². The van der Waals surface area contributed by atoms with Gasteiger partial charge in [-0.1, -0.05) is 13.8 Å². The molecule has 0 amide bonds. The summed E-state index contributed by atoms with van der Waals surface area (Å²) < 4.78 is 7.75. The fourth-order valence-electron chi connectivity index (χ4n) is 4.19. The number of hydrogen-bond acceptors (Lipinski definition) is 4. The number of rotatable bonds is 6. The van der Waals surface area contributed by atoms with Gasteiger partial charge in [0.25, 0.3) is 0 Å². The lowest BCUT2D eigenvalue weighted by molar-refractivity contribution is -0.0637. The van der Waals surface area contributed by atoms with E-state index < -0.39 is 0 Å². The van der Waals surface area contributed by atoms with Crippen LogP contribution in [-0.4, -0.2) is 51.7 Å². The zero-order valence-corrected chi connectivity index (χ0v) is 14.5. The molecule has 0 radical (unpaired) electrons. The predicted octanol–water partition coefficient (Wildman–Crippen LogP) is 2.61. The van der Waals surface area contributed by atoms with Gasteiger partial charge in [0, 0.05) is 31.3 Å². The average molecular weight is 321 g/mol. The molecule has 0 aromatic carbocycles. The Labute approximate surface area is 139 Å². The Balaban J connectivity index is 1.64. The van der Waals surface area contributed by atoms with Crippen molar-refractivity contribution in [2.24, 2.45) is 5.92 Å². The maximum Gasteiger partial charge on any atom is 0.0765 e. The highest BCUT2D eigenvalue weighted by Gasteiger charge is 2.37. The van der Waals surface area contributed by atoms with Crippen LogP contribution in [0, 0.1) is 5.92 Å². The van der Waals surface area contributed by atoms with Gasteiger partial charge in [-0.15, -0.1) is 0 Å². The number of hydrogen-bond donors (Lipinski definition) is 1. The van der Waals surface area contributed by atoms with Gasteiger partial charge in [-0.05, 0) is 44.7 Å². The molecular weight excluding hydrogens is 290 g/mol. The smallest absolute Gasteiger partial charge is 0.0765 e. The third kappa shape index (κ3) is 3.78. The second-order valence-electron chi connectivity index (χ2n) is 7.03. The van der Waals surface area contributed by atoms with Gasteiger partial charge in [0.15, 0.2) is 0 Å². The van der Waals surface area contributed by atoms with Crippen LogP contribution < -0.4 is 0 Å². The van der Waals surface area contributed by atoms with Crippen LogP contribution in [0.5, 0.6) is 0 Å². The lowest BCUT2D eigenvalue weighted by Crippen LogP contribution is -2.45. The fourth-order valence-corrected chi connectivity index (χ4v) is 4.19. The molecular formula is C18H31N3O2. The van der Waals surface area contributed by atoms with E-state index in [0.717, 1.165) is 38.0 Å². The van der Waals surface area contributed by atoms with E-state index in [1.807, 2.05) is 0 Å². The largest absolute Gasteiger partial charge is 0.393 e. The Morgan fingerprint density at radius 3 is 2.91 bits per heavy atom. The molecule has 3 rings (SSSR count). The lowest BCUT2D eigenvalue weighted by Gasteiger charge is -2.36. The quantitative estimate of drug-likeness (QED) is 0.875. The van der Waals surface area contributed by atoms with E-state index in [0.29, 0.717) is 25.3 Å². The normalized spacial score (nSPS) is 29.5. The van der Waals surface area contributed by atoms with Crippen molar-refractivity contribution in [2.75, 3.05) is 19.8 Å². The maximum atomic E-state index is 10.3. The molecule has 2 aliphatic rings. The van der Waals surface area contributed by atoms with E-state index in [-0.39, 0.29) is 12.0 Å². The Morgan fingerprint density at radius 1 is 1.35 bits per heavy atom. The summed E-state index contributed by atoms with van der Waals surface area (Å²) >= 11 is 0. The first kappa shape index (κ1) is 16.9. The number of nitrogens with zero attached hydrogens (tertiary/aromatic N) is 3. The molecule has 2 saturated heterocycles. The summed E-state index contributed by atoms with van der Waals surface area (Å²) in [4.78, 5) is 2.50. The molecule has 0 unspecified atom stereocenters. The van der Waals surface area contributed by atoms with Gasteiger partial charge < -0.3 is 9.84 Å². The Kier molecular flexibility index (Phi) is 5.72. The van der Waals surface area contributed by atoms with Crippen LogP contribution in [0.3, 0.4) is 0 Å². The molecule has 0 saturated carbocycles. The van der Waals surface area contributed by atoms with Gasteiger partial charge in [0.2, 0.25) is 0 Å². The number of aliphatic hydroxyl groups is 1. The monoisotopic (exact) mass is 321 g/mol. The van der Waals surface area contributed by atoms with Crippen molar-refractivity contribution < 1.29 is 9.84 Å². The topological polar surface area (TPSA) is 50.5 Å². The first-order chi connectivity index (χ1) is 11.2. The molecule has 1 aromatic rings. The van der Waals surface area contributed by atoms with Gasteiger partial charge in [-0.25, -0.2) is 0 Å². The Morgan fingerprint density at radius 2 is 2.17 bits per heavy atom. The molecule has 0 bridgehead atoms. The average Bonchev–Trinajstić information content (AvgIpc) is 3.20. The summed E-state index contributed by atoms with van der Waals surface area (Å²) in [5, 5.41) is 15.1. The van der Waals surface area contributed by atoms with Crippen molar-refractivity contribution in [1.29, 1.82) is 0 Å². The summed E-state index contributed by atoms with van der Waals surface area (Å²) in [5.41, 5.74) is 1.15. The molecule has 0 aliphatic carbocycles. The number of aliphatic hydroxyl groups excluding tert-OH is 1. The van der Waals surface area contributed by atoms with Gasteiger partial charge in [0.05, 0.1) is 24.4 Å². The lowest BCUT2D eigenvalue weighted by atomic mass is 9.89. The van der Waals surface area contributed by atoms with Crippen LogP contribution in [0.4, 0.5) is 0 Å². The van der Waals surface area contributed by atoms with Crippen LogP contribution >= 0.6 is 0 Å². The maximum absolute atomic E-state index is 10.3. The third-order valence-corrected chi connectivity index (χ3v) is 5.62. The zero-order chi connectivity index (χ0) is 16.2. The minimum absolute atomic E-state index is 0.212. The molecule has 130 valence electrons. The summed E-state index contributed by atoms with van der Waals surface area (Å²) in [6.07, 6.45) is 7.30. The van der Waals surface area contributed by atoms with Gasteiger partial charge in [-0.3, -0.25) is 9.58 Å². The Hall–Kier alpha value is -0.910. The molecule has 0 spiro atoms. The van der Waals surface area contributed by atoms with Gasteiger partial charge >= 0.3 is 0 Å². The van der Waals surface area contributed by atoms with E-state index in [1.54, 1.807) is 0 Å². The molecule has 2 fully saturated rings. The molecule has 1 aromatic heterocycles. The van der Waals surface area contributed by atoms with Crippen molar-refractivity contribution in [3.05, 3.63) is 18.0 Å². The van der Waals surface area contributed by atoms with Crippen LogP contribution in [-0.2, 0) is 11.3 Å². The molecule has 23 heavy (non-hydrogen) atoms. The summed E-state index contributed by atoms with van der Waals surface area (Å²) in [6, 6.07) is 3.09. The third-order valence-electron chi connectivity index (χ3n) is 5.62. The van der Waals surface area contributed by atoms with E-state index in [1.165, 1.54) is 12.8 Å². The summed E-state index contributed by atoms with van der Waals surface area (Å²) in [5.74, 6) is 0.257. The van der Waals surface area contributed by atoms with E-state index >= 15 is 0 Å². The van der Waals surface area contributed by atoms with Crippen LogP contribution in [0.25, 0.3) is 0 Å². The van der Waals surface area contributed by atoms with Crippen LogP contribution in [0.1, 0.15) is 57.7 Å². The molecule has 5 heteroatoms. The number of likely N-dealkylation sites (tertiary alicyclic amines) is 1. The molecule has 5 nitrogen and oxygen atoms in total. The minimum atomic E-state index is -0.212. The molecule has 2 aliphatic heterocycles. The zero-order valence-electron chi connectivity index (χ0n) is 14.5. The van der Waals surface area contributed by atoms with Crippen molar-refractivity contribution in [3.63, 3.8) is 0 Å². The molecule has 3 atom stereocenters. The highest BCUT2D eigenvalue weighted by molar-refractivity contribution is 5.02. The second-order valence-corrected chi connectivity index (χ2v) is 7.03. The number of aromatic nitrogens is 2. The van der Waals surface area contributed by atoms with Crippen molar-refractivity contribution in [2.45, 2.75) is 70.7 Å². The molecule has 3 heterocycles. The van der Waals surface area contributed by atoms with E-state index in [9.17, 15) is 5.11 Å². The Bertz CT molecular complexity index is 486. The van der Waals surface area contributed by atoms with E-state index in [4.69, 9.17) is 9.84 Å². The predicted molar refractivity (Wildman–Crippen MR) is 90.2 cm³/mol. The highest BCUT2D eigenvalue weighted by Crippen LogP contribution is 2.30. The van der Waals surface area contributed by atoms with E-state index in [2.05, 4.69) is 35.7 Å². The summed E-state index contributed by atoms with van der Waals surface area (Å²) in [7, 11) is 0. The first-order valence-electron chi connectivity index (χ1n) is 9.26. The van der Waals surface area contributed by atoms with Crippen LogP contribution in [0.15, 0.2) is 12.3 Å². The minimum Gasteiger partial charge on any atom is -0.393 e. The van der Waals surface area contributed by atoms with Gasteiger partial charge in [-0.2, -0.15) is 5.10 Å². The SMILES string of the molecule is CCC(CC)n1ccc(CN2CCC[C@@H]2[C@H]2COCC[C@H]2O)n1. The highest BCUT2D eigenvalue weighted by atomic mass is 16.5. The van der Waals surface area contributed by atoms with Gasteiger partial charge in [0.1, 0.15) is 0 Å². The molecule has 1 N–H and O–H groups in total. The standard InChI is InChI=1S/C18H31N3O2/c1-3-15(4-2)21-10-7-14(19-21)12-20-9-5-6-17(20)16-13-23-11-8-18(16)22/h7,10,15-18,22H,3-6,8-9,11-13H2,1-2H3/t16-,17-,18-/m1/s1. The fraction of sp³-hybridized carbons (Fsp3) is 0.833.